The van der Waals surface area contributed by atoms with Gasteiger partial charge in [-0.1, -0.05) is 0 Å². The summed E-state index contributed by atoms with van der Waals surface area (Å²) in [5.41, 5.74) is 13.0. The molecule has 0 aromatic carbocycles. The van der Waals surface area contributed by atoms with Gasteiger partial charge in [-0.3, -0.25) is 19.2 Å². The number of nitrogens with one attached hydrogen (secondary N) is 1. The molecular formula is C23H29N7O. The Morgan fingerprint density at radius 2 is 2.10 bits per heavy atom. The number of rotatable bonds is 3. The Bertz CT molecular complexity index is 1160. The molecule has 0 unspecified atom stereocenters. The third-order valence-corrected chi connectivity index (χ3v) is 6.14. The zero-order valence-electron chi connectivity index (χ0n) is 18.1. The Balaban J connectivity index is 1.55. The predicted octanol–water partition coefficient (Wildman–Crippen LogP) is 2.49. The molecule has 5 rings (SSSR count). The fraction of sp³-hybridized carbons (Fsp3) is 0.435. The van der Waals surface area contributed by atoms with Crippen molar-refractivity contribution in [3.8, 4) is 11.3 Å². The number of ether oxygens (including phenoxy) is 1. The van der Waals surface area contributed by atoms with Crippen LogP contribution in [-0.4, -0.2) is 57.4 Å². The first-order chi connectivity index (χ1) is 15.1. The maximum atomic E-state index is 6.79. The van der Waals surface area contributed by atoms with Crippen LogP contribution in [0.1, 0.15) is 25.0 Å². The molecule has 2 fully saturated rings. The molecule has 0 amide bonds. The Kier molecular flexibility index (Phi) is 5.33. The van der Waals surface area contributed by atoms with E-state index in [1.165, 1.54) is 0 Å². The van der Waals surface area contributed by atoms with Crippen LogP contribution >= 0.6 is 0 Å². The van der Waals surface area contributed by atoms with Gasteiger partial charge < -0.3 is 15.8 Å². The molecule has 0 saturated carbocycles. The van der Waals surface area contributed by atoms with Crippen LogP contribution in [-0.2, 0) is 11.8 Å². The number of piperidine rings is 1. The van der Waals surface area contributed by atoms with E-state index < -0.39 is 0 Å². The second kappa shape index (κ2) is 8.28. The van der Waals surface area contributed by atoms with Gasteiger partial charge in [-0.2, -0.15) is 5.10 Å². The molecule has 3 N–H and O–H groups in total. The van der Waals surface area contributed by atoms with Crippen LogP contribution in [0.5, 0.6) is 0 Å². The number of hydrogen-bond donors (Lipinski definition) is 2. The van der Waals surface area contributed by atoms with E-state index >= 15 is 0 Å². The smallest absolute Gasteiger partial charge is 0.114 e. The van der Waals surface area contributed by atoms with Crippen LogP contribution < -0.4 is 11.1 Å². The molecular weight excluding hydrogens is 390 g/mol. The third kappa shape index (κ3) is 3.88. The SMILES string of the molecule is Cc1cc2cc(-c3cnn(C)c3)ncc2n1C(N)=C1CNCCC1=NC1CCOCC1. The fourth-order valence-corrected chi connectivity index (χ4v) is 4.50. The molecule has 31 heavy (non-hydrogen) atoms. The largest absolute Gasteiger partial charge is 0.384 e. The summed E-state index contributed by atoms with van der Waals surface area (Å²) in [5, 5.41) is 8.83. The van der Waals surface area contributed by atoms with Gasteiger partial charge in [0.05, 0.1) is 29.6 Å². The number of hydrogen-bond acceptors (Lipinski definition) is 6. The van der Waals surface area contributed by atoms with E-state index in [9.17, 15) is 0 Å². The topological polar surface area (TPSA) is 95.3 Å². The number of aromatic nitrogens is 4. The van der Waals surface area contributed by atoms with E-state index in [0.29, 0.717) is 6.04 Å². The summed E-state index contributed by atoms with van der Waals surface area (Å²) in [6, 6.07) is 4.59. The van der Waals surface area contributed by atoms with Gasteiger partial charge in [0.1, 0.15) is 5.82 Å². The first-order valence-corrected chi connectivity index (χ1v) is 10.9. The predicted molar refractivity (Wildman–Crippen MR) is 123 cm³/mol. The molecule has 3 aromatic heterocycles. The highest BCUT2D eigenvalue weighted by Gasteiger charge is 2.22. The Morgan fingerprint density at radius 1 is 1.26 bits per heavy atom. The van der Waals surface area contributed by atoms with Crippen molar-refractivity contribution >= 4 is 22.4 Å². The van der Waals surface area contributed by atoms with E-state index in [4.69, 9.17) is 20.4 Å². The summed E-state index contributed by atoms with van der Waals surface area (Å²) < 4.78 is 9.39. The van der Waals surface area contributed by atoms with Crippen molar-refractivity contribution in [2.75, 3.05) is 26.3 Å². The maximum absolute atomic E-state index is 6.79. The van der Waals surface area contributed by atoms with Crippen LogP contribution in [0.15, 0.2) is 41.3 Å². The summed E-state index contributed by atoms with van der Waals surface area (Å²) in [6.45, 7) is 5.33. The second-order valence-corrected chi connectivity index (χ2v) is 8.36. The van der Waals surface area contributed by atoms with Gasteiger partial charge in [0.2, 0.25) is 0 Å². The van der Waals surface area contributed by atoms with Crippen molar-refractivity contribution in [3.05, 3.63) is 42.0 Å². The quantitative estimate of drug-likeness (QED) is 0.680. The molecule has 2 aliphatic heterocycles. The van der Waals surface area contributed by atoms with Gasteiger partial charge >= 0.3 is 0 Å². The average Bonchev–Trinajstić information content (AvgIpc) is 3.36. The lowest BCUT2D eigenvalue weighted by Crippen LogP contribution is -2.34. The molecule has 5 heterocycles. The van der Waals surface area contributed by atoms with Crippen LogP contribution in [0.2, 0.25) is 0 Å². The highest BCUT2D eigenvalue weighted by Crippen LogP contribution is 2.27. The lowest BCUT2D eigenvalue weighted by molar-refractivity contribution is 0.0871. The van der Waals surface area contributed by atoms with Crippen molar-refractivity contribution in [2.45, 2.75) is 32.2 Å². The second-order valence-electron chi connectivity index (χ2n) is 8.36. The van der Waals surface area contributed by atoms with Crippen LogP contribution in [0.4, 0.5) is 0 Å². The first kappa shape index (κ1) is 20.0. The summed E-state index contributed by atoms with van der Waals surface area (Å²) >= 11 is 0. The molecule has 0 radical (unpaired) electrons. The average molecular weight is 420 g/mol. The molecule has 0 aliphatic carbocycles. The molecule has 2 saturated heterocycles. The number of pyridine rings is 1. The molecule has 8 heteroatoms. The maximum Gasteiger partial charge on any atom is 0.114 e. The van der Waals surface area contributed by atoms with Crippen LogP contribution in [0.3, 0.4) is 0 Å². The Labute approximate surface area is 181 Å². The zero-order valence-corrected chi connectivity index (χ0v) is 18.1. The lowest BCUT2D eigenvalue weighted by atomic mass is 10.0. The number of aryl methyl sites for hydroxylation is 2. The van der Waals surface area contributed by atoms with Gasteiger partial charge in [-0.15, -0.1) is 0 Å². The molecule has 2 aliphatic rings. The Morgan fingerprint density at radius 3 is 2.87 bits per heavy atom. The highest BCUT2D eigenvalue weighted by molar-refractivity contribution is 6.06. The fourth-order valence-electron chi connectivity index (χ4n) is 4.50. The van der Waals surface area contributed by atoms with Crippen LogP contribution in [0, 0.1) is 6.92 Å². The normalized spacial score (nSPS) is 21.2. The number of nitrogens with two attached hydrogens (primary N) is 1. The van der Waals surface area contributed by atoms with Gasteiger partial charge in [0.15, 0.2) is 0 Å². The number of nitrogens with zero attached hydrogens (tertiary/aromatic N) is 5. The van der Waals surface area contributed by atoms with Crippen molar-refractivity contribution < 1.29 is 4.74 Å². The van der Waals surface area contributed by atoms with Crippen molar-refractivity contribution in [1.29, 1.82) is 0 Å². The van der Waals surface area contributed by atoms with E-state index in [-0.39, 0.29) is 0 Å². The monoisotopic (exact) mass is 419 g/mol. The van der Waals surface area contributed by atoms with Crippen LogP contribution in [0.25, 0.3) is 28.0 Å². The van der Waals surface area contributed by atoms with E-state index in [2.05, 4.69) is 34.0 Å². The lowest BCUT2D eigenvalue weighted by Gasteiger charge is -2.25. The van der Waals surface area contributed by atoms with E-state index in [0.717, 1.165) is 90.5 Å². The van der Waals surface area contributed by atoms with Gasteiger partial charge in [-0.05, 0) is 31.9 Å². The minimum atomic E-state index is 0.330. The molecule has 0 spiro atoms. The molecule has 3 aromatic rings. The summed E-state index contributed by atoms with van der Waals surface area (Å²) in [6.07, 6.45) is 8.58. The molecule has 0 atom stereocenters. The zero-order chi connectivity index (χ0) is 21.4. The van der Waals surface area contributed by atoms with Crippen molar-refractivity contribution in [1.82, 2.24) is 24.6 Å². The minimum Gasteiger partial charge on any atom is -0.384 e. The summed E-state index contributed by atoms with van der Waals surface area (Å²) in [5.74, 6) is 0.737. The van der Waals surface area contributed by atoms with Crippen molar-refractivity contribution in [2.24, 2.45) is 17.8 Å². The number of aliphatic imine (C=N–C) groups is 1. The summed E-state index contributed by atoms with van der Waals surface area (Å²) in [4.78, 5) is 9.79. The minimum absolute atomic E-state index is 0.330. The Hall–Kier alpha value is -2.97. The van der Waals surface area contributed by atoms with Gasteiger partial charge in [-0.25, -0.2) is 0 Å². The van der Waals surface area contributed by atoms with E-state index in [1.54, 1.807) is 4.68 Å². The molecule has 0 bridgehead atoms. The first-order valence-electron chi connectivity index (χ1n) is 10.9. The van der Waals surface area contributed by atoms with E-state index in [1.807, 2.05) is 25.6 Å². The van der Waals surface area contributed by atoms with Gasteiger partial charge in [0.25, 0.3) is 0 Å². The number of fused-ring (bicyclic) bond motifs is 1. The highest BCUT2D eigenvalue weighted by atomic mass is 16.5. The van der Waals surface area contributed by atoms with Crippen molar-refractivity contribution in [3.63, 3.8) is 0 Å². The van der Waals surface area contributed by atoms with Gasteiger partial charge in [0, 0.05) is 73.9 Å². The third-order valence-electron chi connectivity index (χ3n) is 6.14. The standard InChI is InChI=1S/C23H29N7O/c1-15-9-16-10-21(17-11-27-29(2)14-17)26-13-22(16)30(15)23(24)19-12-25-6-3-20(19)28-18-4-7-31-8-5-18/h9-11,13-14,18,25H,3-8,12,24H2,1-2H3. The summed E-state index contributed by atoms with van der Waals surface area (Å²) in [7, 11) is 1.91. The molecule has 162 valence electrons. The molecule has 8 nitrogen and oxygen atoms in total.